The van der Waals surface area contributed by atoms with E-state index in [4.69, 9.17) is 11.6 Å². The number of nitrogens with one attached hydrogen (secondary N) is 1. The molecule has 0 aliphatic heterocycles. The fraction of sp³-hybridized carbons (Fsp3) is 0.200. The number of halogens is 1. The number of rotatable bonds is 6. The molecule has 0 aliphatic carbocycles. The largest absolute Gasteiger partial charge is 0.335 e. The molecule has 4 rings (SSSR count). The summed E-state index contributed by atoms with van der Waals surface area (Å²) in [5.74, 6) is 0.674. The maximum atomic E-state index is 12.7. The molecule has 0 bridgehead atoms. The van der Waals surface area contributed by atoms with Gasteiger partial charge in [0.15, 0.2) is 4.34 Å². The van der Waals surface area contributed by atoms with Crippen molar-refractivity contribution in [2.75, 3.05) is 12.3 Å². The van der Waals surface area contributed by atoms with Crippen LogP contribution in [0.3, 0.4) is 0 Å². The number of aromatic nitrogens is 3. The molecule has 0 saturated carbocycles. The van der Waals surface area contributed by atoms with Crippen molar-refractivity contribution in [3.63, 3.8) is 0 Å². The minimum atomic E-state index is -0.242. The first kappa shape index (κ1) is 19.9. The van der Waals surface area contributed by atoms with Gasteiger partial charge in [-0.15, -0.1) is 11.3 Å². The van der Waals surface area contributed by atoms with Crippen molar-refractivity contribution in [3.8, 4) is 0 Å². The minimum absolute atomic E-state index is 0.0365. The lowest BCUT2D eigenvalue weighted by Crippen LogP contribution is -2.33. The van der Waals surface area contributed by atoms with E-state index in [2.05, 4.69) is 15.0 Å². The van der Waals surface area contributed by atoms with Crippen LogP contribution < -0.4 is 5.56 Å². The van der Waals surface area contributed by atoms with E-state index in [1.807, 2.05) is 31.2 Å². The van der Waals surface area contributed by atoms with Gasteiger partial charge in [0.2, 0.25) is 5.91 Å². The van der Waals surface area contributed by atoms with Gasteiger partial charge in [-0.1, -0.05) is 35.5 Å². The average molecular weight is 445 g/mol. The number of hydrogen-bond donors (Lipinski definition) is 1. The molecule has 0 spiro atoms. The summed E-state index contributed by atoms with van der Waals surface area (Å²) in [6.45, 7) is 2.64. The number of thiazole rings is 1. The summed E-state index contributed by atoms with van der Waals surface area (Å²) in [5, 5.41) is 0.983. The molecular formula is C20H17ClN4O2S2. The first-order chi connectivity index (χ1) is 14.0. The molecule has 1 amide bonds. The van der Waals surface area contributed by atoms with Gasteiger partial charge < -0.3 is 9.88 Å². The average Bonchev–Trinajstić information content (AvgIpc) is 3.13. The quantitative estimate of drug-likeness (QED) is 0.448. The number of carbonyl (C=O) groups is 1. The van der Waals surface area contributed by atoms with E-state index >= 15 is 0 Å². The Bertz CT molecular complexity index is 1220. The van der Waals surface area contributed by atoms with Gasteiger partial charge in [0, 0.05) is 11.6 Å². The van der Waals surface area contributed by atoms with Gasteiger partial charge in [-0.3, -0.25) is 9.59 Å². The Morgan fingerprint density at radius 3 is 2.83 bits per heavy atom. The minimum Gasteiger partial charge on any atom is -0.335 e. The predicted octanol–water partition coefficient (Wildman–Crippen LogP) is 4.33. The molecule has 9 heteroatoms. The Morgan fingerprint density at radius 2 is 2.03 bits per heavy atom. The molecule has 2 heterocycles. The number of nitrogens with zero attached hydrogens (tertiary/aromatic N) is 3. The molecule has 29 heavy (non-hydrogen) atoms. The molecule has 1 N–H and O–H groups in total. The van der Waals surface area contributed by atoms with E-state index in [0.29, 0.717) is 28.3 Å². The Labute approximate surface area is 179 Å². The number of para-hydroxylation sites is 1. The zero-order valence-corrected chi connectivity index (χ0v) is 17.9. The van der Waals surface area contributed by atoms with E-state index in [-0.39, 0.29) is 23.8 Å². The molecule has 0 radical (unpaired) electrons. The summed E-state index contributed by atoms with van der Waals surface area (Å²) >= 11 is 9.01. The van der Waals surface area contributed by atoms with Crippen molar-refractivity contribution < 1.29 is 4.79 Å². The first-order valence-electron chi connectivity index (χ1n) is 8.98. The van der Waals surface area contributed by atoms with Crippen LogP contribution in [0.15, 0.2) is 51.6 Å². The maximum absolute atomic E-state index is 12.7. The fourth-order valence-corrected chi connectivity index (χ4v) is 5.06. The molecule has 6 nitrogen and oxygen atoms in total. The first-order valence-corrected chi connectivity index (χ1v) is 11.2. The third-order valence-corrected chi connectivity index (χ3v) is 6.79. The van der Waals surface area contributed by atoms with Crippen LogP contribution in [-0.2, 0) is 11.3 Å². The number of aromatic amines is 1. The Balaban J connectivity index is 1.47. The van der Waals surface area contributed by atoms with Crippen LogP contribution in [0.5, 0.6) is 0 Å². The van der Waals surface area contributed by atoms with Crippen molar-refractivity contribution >= 4 is 61.7 Å². The van der Waals surface area contributed by atoms with Gasteiger partial charge >= 0.3 is 0 Å². The Hall–Kier alpha value is -2.42. The molecule has 2 aromatic carbocycles. The lowest BCUT2D eigenvalue weighted by atomic mass is 10.2. The lowest BCUT2D eigenvalue weighted by Gasteiger charge is -2.20. The van der Waals surface area contributed by atoms with Crippen LogP contribution in [-0.4, -0.2) is 38.1 Å². The molecule has 0 aliphatic rings. The Kier molecular flexibility index (Phi) is 5.84. The van der Waals surface area contributed by atoms with Gasteiger partial charge in [0.25, 0.3) is 5.56 Å². The second-order valence-electron chi connectivity index (χ2n) is 6.32. The smallest absolute Gasteiger partial charge is 0.258 e. The predicted molar refractivity (Wildman–Crippen MR) is 119 cm³/mol. The topological polar surface area (TPSA) is 79.0 Å². The van der Waals surface area contributed by atoms with Crippen molar-refractivity contribution in [2.24, 2.45) is 0 Å². The fourth-order valence-electron chi connectivity index (χ4n) is 2.92. The highest BCUT2D eigenvalue weighted by Gasteiger charge is 2.16. The molecule has 2 aromatic heterocycles. The number of hydrogen-bond acceptors (Lipinski definition) is 6. The second-order valence-corrected chi connectivity index (χ2v) is 9.01. The molecule has 0 saturated heterocycles. The van der Waals surface area contributed by atoms with E-state index in [0.717, 1.165) is 14.6 Å². The van der Waals surface area contributed by atoms with Crippen molar-refractivity contribution in [1.29, 1.82) is 0 Å². The number of carbonyl (C=O) groups excluding carboxylic acids is 1. The van der Waals surface area contributed by atoms with Crippen LogP contribution in [0.25, 0.3) is 21.1 Å². The van der Waals surface area contributed by atoms with Crippen molar-refractivity contribution in [3.05, 3.63) is 63.7 Å². The molecule has 0 atom stereocenters. The zero-order chi connectivity index (χ0) is 20.4. The highest BCUT2D eigenvalue weighted by atomic mass is 35.5. The van der Waals surface area contributed by atoms with Gasteiger partial charge in [0.1, 0.15) is 5.82 Å². The number of thioether (sulfide) groups is 1. The summed E-state index contributed by atoms with van der Waals surface area (Å²) in [4.78, 5) is 38.4. The van der Waals surface area contributed by atoms with E-state index in [9.17, 15) is 9.59 Å². The summed E-state index contributed by atoms with van der Waals surface area (Å²) in [6, 6.07) is 12.9. The monoisotopic (exact) mass is 444 g/mol. The van der Waals surface area contributed by atoms with Crippen molar-refractivity contribution in [1.82, 2.24) is 19.9 Å². The van der Waals surface area contributed by atoms with Crippen LogP contribution in [0.1, 0.15) is 12.7 Å². The highest BCUT2D eigenvalue weighted by Crippen LogP contribution is 2.29. The number of H-pyrrole nitrogens is 1. The van der Waals surface area contributed by atoms with E-state index in [1.165, 1.54) is 11.8 Å². The van der Waals surface area contributed by atoms with Crippen LogP contribution in [0.4, 0.5) is 0 Å². The molecule has 148 valence electrons. The van der Waals surface area contributed by atoms with Crippen molar-refractivity contribution in [2.45, 2.75) is 17.8 Å². The van der Waals surface area contributed by atoms with Gasteiger partial charge in [-0.2, -0.15) is 0 Å². The standard InChI is InChI=1S/C20H17ClN4O2S2/c1-2-25(10-17-22-15-9-12(21)7-8-13(15)19(27)24-17)18(26)11-28-20-23-14-5-3-4-6-16(14)29-20/h3-9H,2,10-11H2,1H3,(H,22,24,27). The zero-order valence-electron chi connectivity index (χ0n) is 15.5. The van der Waals surface area contributed by atoms with Gasteiger partial charge in [-0.05, 0) is 37.3 Å². The number of benzene rings is 2. The third kappa shape index (κ3) is 4.44. The summed E-state index contributed by atoms with van der Waals surface area (Å²) in [5.41, 5.74) is 1.22. The maximum Gasteiger partial charge on any atom is 0.258 e. The summed E-state index contributed by atoms with van der Waals surface area (Å²) in [6.07, 6.45) is 0. The van der Waals surface area contributed by atoms with Crippen LogP contribution in [0, 0.1) is 0 Å². The molecule has 0 fully saturated rings. The number of fused-ring (bicyclic) bond motifs is 2. The lowest BCUT2D eigenvalue weighted by molar-refractivity contribution is -0.128. The molecule has 4 aromatic rings. The number of amides is 1. The van der Waals surface area contributed by atoms with E-state index in [1.54, 1.807) is 34.4 Å². The summed E-state index contributed by atoms with van der Waals surface area (Å²) < 4.78 is 1.97. The normalized spacial score (nSPS) is 11.2. The molecular weight excluding hydrogens is 428 g/mol. The highest BCUT2D eigenvalue weighted by molar-refractivity contribution is 8.01. The third-order valence-electron chi connectivity index (χ3n) is 4.39. The SMILES string of the molecule is CCN(Cc1nc2cc(Cl)ccc2c(=O)[nH]1)C(=O)CSc1nc2ccccc2s1. The van der Waals surface area contributed by atoms with Gasteiger partial charge in [-0.25, -0.2) is 9.97 Å². The van der Waals surface area contributed by atoms with Crippen LogP contribution >= 0.6 is 34.7 Å². The summed E-state index contributed by atoms with van der Waals surface area (Å²) in [7, 11) is 0. The van der Waals surface area contributed by atoms with E-state index < -0.39 is 0 Å². The second kappa shape index (κ2) is 8.52. The Morgan fingerprint density at radius 1 is 1.21 bits per heavy atom. The molecule has 0 unspecified atom stereocenters. The van der Waals surface area contributed by atoms with Crippen LogP contribution in [0.2, 0.25) is 5.02 Å². The van der Waals surface area contributed by atoms with Gasteiger partial charge in [0.05, 0.1) is 33.4 Å².